The molecule has 3 atom stereocenters. The number of hydrogen-bond acceptors (Lipinski definition) is 4. The molecular weight excluding hydrogens is 499 g/mol. The van der Waals surface area contributed by atoms with Crippen LogP contribution in [0.4, 0.5) is 4.39 Å². The van der Waals surface area contributed by atoms with Crippen molar-refractivity contribution in [3.63, 3.8) is 0 Å². The first-order chi connectivity index (χ1) is 19.3. The molecule has 0 saturated heterocycles. The Balaban J connectivity index is 1.53. The Bertz CT molecular complexity index is 1780. The Labute approximate surface area is 233 Å². The zero-order chi connectivity index (χ0) is 27.6. The number of aromatic nitrogens is 3. The van der Waals surface area contributed by atoms with E-state index < -0.39 is 10.8 Å². The summed E-state index contributed by atoms with van der Waals surface area (Å²) in [6.45, 7) is 12.1. The second-order valence-electron chi connectivity index (χ2n) is 12.0. The first-order valence-electron chi connectivity index (χ1n) is 14.0. The maximum absolute atomic E-state index is 15.3. The van der Waals surface area contributed by atoms with Gasteiger partial charge in [0, 0.05) is 39.1 Å². The van der Waals surface area contributed by atoms with Crippen molar-refractivity contribution in [1.29, 1.82) is 0 Å². The molecule has 2 heterocycles. The van der Waals surface area contributed by atoms with Gasteiger partial charge in [-0.25, -0.2) is 19.2 Å². The van der Waals surface area contributed by atoms with Gasteiger partial charge in [0.25, 0.3) is 0 Å². The number of benzene rings is 2. The Kier molecular flexibility index (Phi) is 5.51. The van der Waals surface area contributed by atoms with E-state index in [-0.39, 0.29) is 23.2 Å². The van der Waals surface area contributed by atoms with Crippen LogP contribution in [0.1, 0.15) is 50.8 Å². The third-order valence-electron chi connectivity index (χ3n) is 9.43. The van der Waals surface area contributed by atoms with Gasteiger partial charge in [-0.15, -0.1) is 0 Å². The number of nitrogens with zero attached hydrogens (tertiary/aromatic N) is 4. The SMILES string of the molecule is [C-]#[N+]C1=C[C@@]2(C)c3nc(-c4ccnc5ccccc45)nc(-c4ccccc4F)c3CC[C@@H]2[C@@](C)(CC2CC2)C1=O. The summed E-state index contributed by atoms with van der Waals surface area (Å²) in [5.74, 6) is 0.635. The number of para-hydroxylation sites is 1. The molecule has 40 heavy (non-hydrogen) atoms. The summed E-state index contributed by atoms with van der Waals surface area (Å²) < 4.78 is 15.3. The number of carbonyl (C=O) groups is 1. The van der Waals surface area contributed by atoms with Crippen LogP contribution in [0.15, 0.2) is 72.6 Å². The van der Waals surface area contributed by atoms with Crippen molar-refractivity contribution in [3.8, 4) is 22.6 Å². The Morgan fingerprint density at radius 2 is 1.77 bits per heavy atom. The number of Topliss-reactive ketones (excluding diaryl/α,β-unsaturated/α-hetero) is 1. The summed E-state index contributed by atoms with van der Waals surface area (Å²) in [7, 11) is 0. The fourth-order valence-corrected chi connectivity index (χ4v) is 7.40. The summed E-state index contributed by atoms with van der Waals surface area (Å²) in [6.07, 6.45) is 8.07. The van der Waals surface area contributed by atoms with Gasteiger partial charge in [0.1, 0.15) is 5.82 Å². The minimum absolute atomic E-state index is 0.0171. The van der Waals surface area contributed by atoms with E-state index in [1.54, 1.807) is 18.3 Å². The molecule has 2 aromatic heterocycles. The van der Waals surface area contributed by atoms with Gasteiger partial charge in [-0.2, -0.15) is 0 Å². The van der Waals surface area contributed by atoms with E-state index in [1.807, 2.05) is 42.5 Å². The van der Waals surface area contributed by atoms with Crippen LogP contribution in [0.3, 0.4) is 0 Å². The van der Waals surface area contributed by atoms with Crippen molar-refractivity contribution < 1.29 is 9.18 Å². The van der Waals surface area contributed by atoms with Crippen LogP contribution in [0.2, 0.25) is 0 Å². The standard InChI is InChI=1S/C34H29FN4O/c1-33-19-27(36-3)31(40)34(2,18-20-12-13-20)28(33)15-14-24-29(23-9-4-6-10-25(23)35)38-32(39-30(24)33)22-16-17-37-26-11-7-5-8-21(22)26/h4-11,16-17,19-20,28H,12-15,18H2,1-2H3/t28-,33+,34+/m0/s1. The highest BCUT2D eigenvalue weighted by molar-refractivity contribution is 6.03. The smallest absolute Gasteiger partial charge is 0.226 e. The second-order valence-corrected chi connectivity index (χ2v) is 12.0. The van der Waals surface area contributed by atoms with E-state index in [0.29, 0.717) is 29.4 Å². The lowest BCUT2D eigenvalue weighted by Crippen LogP contribution is -2.53. The number of ketones is 1. The van der Waals surface area contributed by atoms with Gasteiger partial charge >= 0.3 is 0 Å². The van der Waals surface area contributed by atoms with Crippen LogP contribution in [-0.4, -0.2) is 20.7 Å². The van der Waals surface area contributed by atoms with Crippen LogP contribution in [0, 0.1) is 29.6 Å². The number of pyridine rings is 1. The molecule has 7 rings (SSSR count). The molecule has 198 valence electrons. The van der Waals surface area contributed by atoms with E-state index >= 15 is 4.39 Å². The lowest BCUT2D eigenvalue weighted by Gasteiger charge is -2.52. The highest BCUT2D eigenvalue weighted by atomic mass is 19.1. The molecule has 0 N–H and O–H groups in total. The predicted octanol–water partition coefficient (Wildman–Crippen LogP) is 7.51. The topological polar surface area (TPSA) is 60.1 Å². The highest BCUT2D eigenvalue weighted by Crippen LogP contribution is 2.59. The molecule has 2 aromatic carbocycles. The van der Waals surface area contributed by atoms with Crippen LogP contribution in [0.5, 0.6) is 0 Å². The number of allylic oxidation sites excluding steroid dienone is 2. The maximum Gasteiger partial charge on any atom is 0.226 e. The van der Waals surface area contributed by atoms with Gasteiger partial charge in [0.05, 0.1) is 23.5 Å². The van der Waals surface area contributed by atoms with Crippen molar-refractivity contribution in [2.75, 3.05) is 0 Å². The number of rotatable bonds is 4. The third-order valence-corrected chi connectivity index (χ3v) is 9.43. The maximum atomic E-state index is 15.3. The number of fused-ring (bicyclic) bond motifs is 4. The Morgan fingerprint density at radius 3 is 2.55 bits per heavy atom. The summed E-state index contributed by atoms with van der Waals surface area (Å²) >= 11 is 0. The Morgan fingerprint density at radius 1 is 1.00 bits per heavy atom. The second kappa shape index (κ2) is 8.89. The summed E-state index contributed by atoms with van der Waals surface area (Å²) in [5.41, 5.74) is 3.23. The van der Waals surface area contributed by atoms with Crippen molar-refractivity contribution in [2.45, 2.75) is 51.4 Å². The van der Waals surface area contributed by atoms with E-state index in [2.05, 4.69) is 23.7 Å². The fraction of sp³-hybridized carbons (Fsp3) is 0.324. The van der Waals surface area contributed by atoms with Gasteiger partial charge in [0.2, 0.25) is 5.70 Å². The molecular formula is C34H29FN4O. The zero-order valence-electron chi connectivity index (χ0n) is 22.6. The zero-order valence-corrected chi connectivity index (χ0v) is 22.6. The third kappa shape index (κ3) is 3.64. The van der Waals surface area contributed by atoms with Gasteiger partial charge < -0.3 is 4.79 Å². The van der Waals surface area contributed by atoms with Gasteiger partial charge in [-0.3, -0.25) is 4.98 Å². The van der Waals surface area contributed by atoms with Crippen LogP contribution in [0.25, 0.3) is 38.4 Å². The quantitative estimate of drug-likeness (QED) is 0.257. The first-order valence-corrected chi connectivity index (χ1v) is 14.0. The number of halogens is 1. The Hall–Kier alpha value is -4.24. The summed E-state index contributed by atoms with van der Waals surface area (Å²) in [4.78, 5) is 32.3. The van der Waals surface area contributed by atoms with Crippen molar-refractivity contribution >= 4 is 16.7 Å². The van der Waals surface area contributed by atoms with Crippen molar-refractivity contribution in [2.24, 2.45) is 17.3 Å². The largest absolute Gasteiger partial charge is 0.307 e. The summed E-state index contributed by atoms with van der Waals surface area (Å²) in [5, 5.41) is 0.914. The predicted molar refractivity (Wildman–Crippen MR) is 152 cm³/mol. The molecule has 0 spiro atoms. The number of carbonyl (C=O) groups excluding carboxylic acids is 1. The van der Waals surface area contributed by atoms with E-state index in [0.717, 1.165) is 53.4 Å². The van der Waals surface area contributed by atoms with Crippen LogP contribution in [-0.2, 0) is 16.6 Å². The molecule has 1 fully saturated rings. The van der Waals surface area contributed by atoms with Crippen molar-refractivity contribution in [3.05, 3.63) is 101 Å². The lowest BCUT2D eigenvalue weighted by molar-refractivity contribution is -0.130. The molecule has 4 aromatic rings. The fourth-order valence-electron chi connectivity index (χ4n) is 7.40. The molecule has 3 aliphatic carbocycles. The molecule has 5 nitrogen and oxygen atoms in total. The number of hydrogen-bond donors (Lipinski definition) is 0. The minimum Gasteiger partial charge on any atom is -0.307 e. The van der Waals surface area contributed by atoms with Crippen LogP contribution < -0.4 is 0 Å². The molecule has 3 aliphatic rings. The van der Waals surface area contributed by atoms with Crippen LogP contribution >= 0.6 is 0 Å². The molecule has 0 radical (unpaired) electrons. The van der Waals surface area contributed by atoms with Crippen molar-refractivity contribution in [1.82, 2.24) is 15.0 Å². The molecule has 0 bridgehead atoms. The molecule has 0 unspecified atom stereocenters. The molecule has 0 amide bonds. The monoisotopic (exact) mass is 528 g/mol. The normalized spacial score (nSPS) is 25.6. The molecule has 1 saturated carbocycles. The van der Waals surface area contributed by atoms with E-state index in [4.69, 9.17) is 16.5 Å². The first kappa shape index (κ1) is 24.8. The lowest BCUT2D eigenvalue weighted by atomic mass is 9.51. The minimum atomic E-state index is -0.675. The average molecular weight is 529 g/mol. The van der Waals surface area contributed by atoms with E-state index in [9.17, 15) is 4.79 Å². The highest BCUT2D eigenvalue weighted by Gasteiger charge is 2.58. The average Bonchev–Trinajstić information content (AvgIpc) is 3.78. The van der Waals surface area contributed by atoms with E-state index in [1.165, 1.54) is 6.07 Å². The molecule has 0 aliphatic heterocycles. The summed E-state index contributed by atoms with van der Waals surface area (Å²) in [6, 6.07) is 16.5. The van der Waals surface area contributed by atoms with Gasteiger partial charge in [-0.05, 0) is 55.4 Å². The molecule has 6 heteroatoms. The van der Waals surface area contributed by atoms with Gasteiger partial charge in [0.15, 0.2) is 11.6 Å². The van der Waals surface area contributed by atoms with Gasteiger partial charge in [-0.1, -0.05) is 63.1 Å².